The van der Waals surface area contributed by atoms with Gasteiger partial charge in [0.25, 0.3) is 15.9 Å². The molecular weight excluding hydrogens is 422 g/mol. The molecule has 0 unspecified atom stereocenters. The predicted octanol–water partition coefficient (Wildman–Crippen LogP) is 3.75. The van der Waals surface area contributed by atoms with Crippen molar-refractivity contribution < 1.29 is 13.2 Å². The fourth-order valence-electron chi connectivity index (χ4n) is 3.82. The van der Waals surface area contributed by atoms with Crippen LogP contribution in [-0.4, -0.2) is 50.3 Å². The van der Waals surface area contributed by atoms with Crippen molar-refractivity contribution in [3.63, 3.8) is 0 Å². The Morgan fingerprint density at radius 1 is 0.844 bits per heavy atom. The maximum atomic E-state index is 12.9. The van der Waals surface area contributed by atoms with E-state index >= 15 is 0 Å². The van der Waals surface area contributed by atoms with Gasteiger partial charge in [0.15, 0.2) is 0 Å². The summed E-state index contributed by atoms with van der Waals surface area (Å²) in [5, 5.41) is 0. The van der Waals surface area contributed by atoms with E-state index in [0.29, 0.717) is 24.3 Å². The number of hydrogen-bond acceptors (Lipinski definition) is 4. The zero-order valence-electron chi connectivity index (χ0n) is 18.1. The molecule has 0 radical (unpaired) electrons. The number of nitrogens with one attached hydrogen (secondary N) is 1. The average Bonchev–Trinajstić information content (AvgIpc) is 2.81. The minimum atomic E-state index is -3.70. The quantitative estimate of drug-likeness (QED) is 0.622. The summed E-state index contributed by atoms with van der Waals surface area (Å²) in [5.74, 6) is -0.0690. The molecule has 0 bridgehead atoms. The summed E-state index contributed by atoms with van der Waals surface area (Å²) in [7, 11) is -3.70. The van der Waals surface area contributed by atoms with Gasteiger partial charge in [-0.05, 0) is 54.4 Å². The third-order valence-electron chi connectivity index (χ3n) is 5.75. The number of aryl methyl sites for hydroxylation is 1. The van der Waals surface area contributed by atoms with Gasteiger partial charge in [0.2, 0.25) is 0 Å². The lowest BCUT2D eigenvalue weighted by molar-refractivity contribution is 0.0628. The van der Waals surface area contributed by atoms with Gasteiger partial charge in [0.05, 0.1) is 4.90 Å². The van der Waals surface area contributed by atoms with Crippen molar-refractivity contribution >= 4 is 21.6 Å². The molecule has 0 saturated carbocycles. The first-order valence-electron chi connectivity index (χ1n) is 10.7. The molecule has 6 nitrogen and oxygen atoms in total. The van der Waals surface area contributed by atoms with Gasteiger partial charge in [0.1, 0.15) is 0 Å². The van der Waals surface area contributed by atoms with Crippen LogP contribution in [0.2, 0.25) is 0 Å². The SMILES string of the molecule is Cc1ccccc1CN1CCN(C(=O)c2ccc(S(=O)(=O)Nc3ccccc3)cc2)CC1. The Labute approximate surface area is 189 Å². The van der Waals surface area contributed by atoms with Gasteiger partial charge in [-0.1, -0.05) is 42.5 Å². The van der Waals surface area contributed by atoms with Gasteiger partial charge >= 0.3 is 0 Å². The van der Waals surface area contributed by atoms with Gasteiger partial charge in [-0.15, -0.1) is 0 Å². The molecule has 1 aliphatic heterocycles. The fourth-order valence-corrected chi connectivity index (χ4v) is 4.88. The number of rotatable bonds is 6. The number of anilines is 1. The minimum Gasteiger partial charge on any atom is -0.336 e. The highest BCUT2D eigenvalue weighted by atomic mass is 32.2. The maximum absolute atomic E-state index is 12.9. The Hall–Kier alpha value is -3.16. The molecule has 1 N–H and O–H groups in total. The van der Waals surface area contributed by atoms with Crippen LogP contribution in [0, 0.1) is 6.92 Å². The summed E-state index contributed by atoms with van der Waals surface area (Å²) >= 11 is 0. The fraction of sp³-hybridized carbons (Fsp3) is 0.240. The van der Waals surface area contributed by atoms with Gasteiger partial charge in [-0.25, -0.2) is 8.42 Å². The lowest BCUT2D eigenvalue weighted by atomic mass is 10.1. The van der Waals surface area contributed by atoms with E-state index in [-0.39, 0.29) is 10.8 Å². The highest BCUT2D eigenvalue weighted by Gasteiger charge is 2.23. The third-order valence-corrected chi connectivity index (χ3v) is 7.15. The molecule has 3 aromatic rings. The first-order valence-corrected chi connectivity index (χ1v) is 12.1. The van der Waals surface area contributed by atoms with E-state index in [1.54, 1.807) is 36.4 Å². The van der Waals surface area contributed by atoms with Crippen LogP contribution in [-0.2, 0) is 16.6 Å². The molecule has 1 heterocycles. The number of amides is 1. The van der Waals surface area contributed by atoms with E-state index in [1.807, 2.05) is 17.0 Å². The number of para-hydroxylation sites is 1. The van der Waals surface area contributed by atoms with Crippen LogP contribution in [0.25, 0.3) is 0 Å². The largest absolute Gasteiger partial charge is 0.336 e. The summed E-state index contributed by atoms with van der Waals surface area (Å²) < 4.78 is 27.7. The Balaban J connectivity index is 1.35. The zero-order valence-corrected chi connectivity index (χ0v) is 18.9. The second kappa shape index (κ2) is 9.54. The van der Waals surface area contributed by atoms with Gasteiger partial charge < -0.3 is 4.90 Å². The van der Waals surface area contributed by atoms with Crippen LogP contribution < -0.4 is 4.72 Å². The average molecular weight is 450 g/mol. The van der Waals surface area contributed by atoms with E-state index < -0.39 is 10.0 Å². The summed E-state index contributed by atoms with van der Waals surface area (Å²) in [6.07, 6.45) is 0. The molecule has 3 aromatic carbocycles. The van der Waals surface area contributed by atoms with Crippen molar-refractivity contribution in [2.24, 2.45) is 0 Å². The van der Waals surface area contributed by atoms with Crippen molar-refractivity contribution in [1.82, 2.24) is 9.80 Å². The van der Waals surface area contributed by atoms with Crippen LogP contribution >= 0.6 is 0 Å². The minimum absolute atomic E-state index is 0.0690. The summed E-state index contributed by atoms with van der Waals surface area (Å²) in [6, 6.07) is 23.2. The molecule has 1 amide bonds. The predicted molar refractivity (Wildman–Crippen MR) is 126 cm³/mol. The molecule has 7 heteroatoms. The van der Waals surface area contributed by atoms with Crippen LogP contribution in [0.1, 0.15) is 21.5 Å². The van der Waals surface area contributed by atoms with Crippen LogP contribution in [0.4, 0.5) is 5.69 Å². The topological polar surface area (TPSA) is 69.7 Å². The normalized spacial score (nSPS) is 14.8. The molecule has 1 saturated heterocycles. The monoisotopic (exact) mass is 449 g/mol. The molecule has 0 aliphatic carbocycles. The molecule has 0 aromatic heterocycles. The number of nitrogens with zero attached hydrogens (tertiary/aromatic N) is 2. The smallest absolute Gasteiger partial charge is 0.261 e. The van der Waals surface area contributed by atoms with Gasteiger partial charge in [0, 0.05) is 44.0 Å². The number of sulfonamides is 1. The summed E-state index contributed by atoms with van der Waals surface area (Å²) in [6.45, 7) is 5.94. The molecule has 166 valence electrons. The first-order chi connectivity index (χ1) is 15.4. The Kier molecular flexibility index (Phi) is 6.58. The Morgan fingerprint density at radius 3 is 2.12 bits per heavy atom. The molecular formula is C25H27N3O3S. The number of carbonyl (C=O) groups excluding carboxylic acids is 1. The lowest BCUT2D eigenvalue weighted by Gasteiger charge is -2.35. The second-order valence-electron chi connectivity index (χ2n) is 7.99. The third kappa shape index (κ3) is 5.18. The standard InChI is InChI=1S/C25H27N3O3S/c1-20-7-5-6-8-22(20)19-27-15-17-28(18-16-27)25(29)21-11-13-24(14-12-21)32(30,31)26-23-9-3-2-4-10-23/h2-14,26H,15-19H2,1H3. The number of carbonyl (C=O) groups is 1. The van der Waals surface area contributed by atoms with Gasteiger partial charge in [-0.3, -0.25) is 14.4 Å². The molecule has 0 atom stereocenters. The van der Waals surface area contributed by atoms with Crippen LogP contribution in [0.3, 0.4) is 0 Å². The Morgan fingerprint density at radius 2 is 1.47 bits per heavy atom. The van der Waals surface area contributed by atoms with Crippen molar-refractivity contribution in [2.45, 2.75) is 18.4 Å². The number of piperazine rings is 1. The Bertz CT molecular complexity index is 1170. The highest BCUT2D eigenvalue weighted by Crippen LogP contribution is 2.18. The zero-order chi connectivity index (χ0) is 22.6. The first kappa shape index (κ1) is 22.0. The van der Waals surface area contributed by atoms with E-state index in [4.69, 9.17) is 0 Å². The van der Waals surface area contributed by atoms with Crippen molar-refractivity contribution in [3.8, 4) is 0 Å². The van der Waals surface area contributed by atoms with Crippen molar-refractivity contribution in [3.05, 3.63) is 95.6 Å². The van der Waals surface area contributed by atoms with Crippen LogP contribution in [0.15, 0.2) is 83.8 Å². The number of benzene rings is 3. The molecule has 1 aliphatic rings. The van der Waals surface area contributed by atoms with E-state index in [1.165, 1.54) is 23.3 Å². The van der Waals surface area contributed by atoms with Gasteiger partial charge in [-0.2, -0.15) is 0 Å². The molecule has 0 spiro atoms. The van der Waals surface area contributed by atoms with Crippen LogP contribution in [0.5, 0.6) is 0 Å². The number of hydrogen-bond donors (Lipinski definition) is 1. The van der Waals surface area contributed by atoms with E-state index in [0.717, 1.165) is 19.6 Å². The summed E-state index contributed by atoms with van der Waals surface area (Å²) in [5.41, 5.74) is 3.59. The van der Waals surface area contributed by atoms with Crippen molar-refractivity contribution in [2.75, 3.05) is 30.9 Å². The molecule has 4 rings (SSSR count). The second-order valence-corrected chi connectivity index (χ2v) is 9.67. The molecule has 32 heavy (non-hydrogen) atoms. The highest BCUT2D eigenvalue weighted by molar-refractivity contribution is 7.92. The summed E-state index contributed by atoms with van der Waals surface area (Å²) in [4.78, 5) is 17.2. The van der Waals surface area contributed by atoms with E-state index in [2.05, 4.69) is 34.7 Å². The maximum Gasteiger partial charge on any atom is 0.261 e. The van der Waals surface area contributed by atoms with E-state index in [9.17, 15) is 13.2 Å². The van der Waals surface area contributed by atoms with Crippen molar-refractivity contribution in [1.29, 1.82) is 0 Å². The molecule has 1 fully saturated rings. The lowest BCUT2D eigenvalue weighted by Crippen LogP contribution is -2.48.